The van der Waals surface area contributed by atoms with E-state index in [0.29, 0.717) is 0 Å². The predicted molar refractivity (Wildman–Crippen MR) is 57.7 cm³/mol. The summed E-state index contributed by atoms with van der Waals surface area (Å²) < 4.78 is 1.70. The molecule has 1 aliphatic heterocycles. The van der Waals surface area contributed by atoms with E-state index < -0.39 is 0 Å². The van der Waals surface area contributed by atoms with Gasteiger partial charge in [0.2, 0.25) is 0 Å². The molecule has 1 amide bonds. The predicted octanol–water partition coefficient (Wildman–Crippen LogP) is 1.35. The van der Waals surface area contributed by atoms with Crippen molar-refractivity contribution < 1.29 is 4.79 Å². The number of hydrogen-bond acceptors (Lipinski definition) is 2. The highest BCUT2D eigenvalue weighted by atomic mass is 16.2. The number of hydrogen-bond donors (Lipinski definition) is 0. The lowest BCUT2D eigenvalue weighted by Gasteiger charge is -2.26. The van der Waals surface area contributed by atoms with Crippen LogP contribution in [0.1, 0.15) is 35.3 Å². The van der Waals surface area contributed by atoms with Crippen LogP contribution in [0, 0.1) is 6.92 Å². The molecule has 15 heavy (non-hydrogen) atoms. The summed E-state index contributed by atoms with van der Waals surface area (Å²) in [6.45, 7) is 3.68. The molecule has 2 rings (SSSR count). The van der Waals surface area contributed by atoms with Crippen molar-refractivity contribution in [3.63, 3.8) is 0 Å². The first-order chi connectivity index (χ1) is 7.18. The van der Waals surface area contributed by atoms with E-state index >= 15 is 0 Å². The van der Waals surface area contributed by atoms with Crippen molar-refractivity contribution in [1.29, 1.82) is 0 Å². The van der Waals surface area contributed by atoms with Crippen LogP contribution in [0.4, 0.5) is 0 Å². The van der Waals surface area contributed by atoms with Crippen molar-refractivity contribution in [2.45, 2.75) is 26.2 Å². The van der Waals surface area contributed by atoms with Gasteiger partial charge in [0.15, 0.2) is 0 Å². The van der Waals surface area contributed by atoms with Crippen LogP contribution >= 0.6 is 0 Å². The van der Waals surface area contributed by atoms with Gasteiger partial charge in [0.25, 0.3) is 5.91 Å². The number of carbonyl (C=O) groups excluding carboxylic acids is 1. The molecule has 0 spiro atoms. The van der Waals surface area contributed by atoms with E-state index in [-0.39, 0.29) is 5.91 Å². The van der Waals surface area contributed by atoms with Crippen molar-refractivity contribution in [1.82, 2.24) is 14.7 Å². The molecule has 0 radical (unpaired) electrons. The van der Waals surface area contributed by atoms with Crippen LogP contribution in [0.3, 0.4) is 0 Å². The molecule has 0 atom stereocenters. The molecule has 0 saturated carbocycles. The third-order valence-electron chi connectivity index (χ3n) is 2.89. The molecule has 1 aromatic rings. The summed E-state index contributed by atoms with van der Waals surface area (Å²) in [5.74, 6) is 0.139. The number of aromatic nitrogens is 2. The lowest BCUT2D eigenvalue weighted by molar-refractivity contribution is 0.0723. The second-order valence-corrected chi connectivity index (χ2v) is 4.15. The zero-order chi connectivity index (χ0) is 10.8. The van der Waals surface area contributed by atoms with Crippen LogP contribution in [0.15, 0.2) is 6.20 Å². The molecule has 82 valence electrons. The molecule has 2 heterocycles. The van der Waals surface area contributed by atoms with Gasteiger partial charge in [-0.05, 0) is 26.2 Å². The van der Waals surface area contributed by atoms with Gasteiger partial charge in [-0.2, -0.15) is 5.10 Å². The van der Waals surface area contributed by atoms with Gasteiger partial charge in [0.05, 0.1) is 11.3 Å². The first-order valence-electron chi connectivity index (χ1n) is 5.48. The highest BCUT2D eigenvalue weighted by molar-refractivity contribution is 5.95. The van der Waals surface area contributed by atoms with Crippen LogP contribution < -0.4 is 0 Å². The van der Waals surface area contributed by atoms with Crippen LogP contribution in [0.2, 0.25) is 0 Å². The lowest BCUT2D eigenvalue weighted by atomic mass is 10.1. The molecule has 0 bridgehead atoms. The molecule has 1 fully saturated rings. The number of likely N-dealkylation sites (tertiary alicyclic amines) is 1. The third kappa shape index (κ3) is 2.03. The van der Waals surface area contributed by atoms with Crippen molar-refractivity contribution in [2.24, 2.45) is 7.05 Å². The normalized spacial score (nSPS) is 16.8. The van der Waals surface area contributed by atoms with Gasteiger partial charge in [0.1, 0.15) is 0 Å². The zero-order valence-corrected chi connectivity index (χ0v) is 9.36. The summed E-state index contributed by atoms with van der Waals surface area (Å²) in [5, 5.41) is 4.20. The summed E-state index contributed by atoms with van der Waals surface area (Å²) in [6.07, 6.45) is 5.32. The Morgan fingerprint density at radius 2 is 2.00 bits per heavy atom. The summed E-state index contributed by atoms with van der Waals surface area (Å²) in [7, 11) is 1.85. The molecule has 1 aliphatic rings. The van der Waals surface area contributed by atoms with Crippen LogP contribution in [-0.2, 0) is 7.05 Å². The minimum Gasteiger partial charge on any atom is -0.339 e. The molecule has 4 nitrogen and oxygen atoms in total. The number of carbonyl (C=O) groups is 1. The lowest BCUT2D eigenvalue weighted by Crippen LogP contribution is -2.35. The Balaban J connectivity index is 2.16. The number of rotatable bonds is 1. The molecule has 0 unspecified atom stereocenters. The van der Waals surface area contributed by atoms with E-state index in [0.717, 1.165) is 37.2 Å². The van der Waals surface area contributed by atoms with E-state index in [2.05, 4.69) is 5.10 Å². The SMILES string of the molecule is Cc1nn(C)cc1C(=O)N1CCCCC1. The van der Waals surface area contributed by atoms with Gasteiger partial charge in [0, 0.05) is 26.3 Å². The quantitative estimate of drug-likeness (QED) is 0.697. The maximum absolute atomic E-state index is 12.1. The van der Waals surface area contributed by atoms with Crippen molar-refractivity contribution in [2.75, 3.05) is 13.1 Å². The standard InChI is InChI=1S/C11H17N3O/c1-9-10(8-13(2)12-9)11(15)14-6-4-3-5-7-14/h8H,3-7H2,1-2H3. The first-order valence-corrected chi connectivity index (χ1v) is 5.48. The minimum atomic E-state index is 0.139. The summed E-state index contributed by atoms with van der Waals surface area (Å²) in [6, 6.07) is 0. The third-order valence-corrected chi connectivity index (χ3v) is 2.89. The van der Waals surface area contributed by atoms with Gasteiger partial charge in [-0.25, -0.2) is 0 Å². The molecule has 1 saturated heterocycles. The summed E-state index contributed by atoms with van der Waals surface area (Å²) >= 11 is 0. The van der Waals surface area contributed by atoms with Crippen molar-refractivity contribution >= 4 is 5.91 Å². The van der Waals surface area contributed by atoms with Gasteiger partial charge in [-0.15, -0.1) is 0 Å². The van der Waals surface area contributed by atoms with Crippen LogP contribution in [0.5, 0.6) is 0 Å². The summed E-state index contributed by atoms with van der Waals surface area (Å²) in [5.41, 5.74) is 1.58. The second kappa shape index (κ2) is 4.04. The highest BCUT2D eigenvalue weighted by Gasteiger charge is 2.21. The largest absolute Gasteiger partial charge is 0.339 e. The Labute approximate surface area is 89.9 Å². The topological polar surface area (TPSA) is 38.1 Å². The van der Waals surface area contributed by atoms with E-state index in [1.54, 1.807) is 4.68 Å². The second-order valence-electron chi connectivity index (χ2n) is 4.15. The average molecular weight is 207 g/mol. The summed E-state index contributed by atoms with van der Waals surface area (Å²) in [4.78, 5) is 14.0. The number of amides is 1. The minimum absolute atomic E-state index is 0.139. The molecule has 1 aromatic heterocycles. The smallest absolute Gasteiger partial charge is 0.257 e. The maximum Gasteiger partial charge on any atom is 0.257 e. The Hall–Kier alpha value is -1.32. The molecule has 0 N–H and O–H groups in total. The number of nitrogens with zero attached hydrogens (tertiary/aromatic N) is 3. The van der Waals surface area contributed by atoms with E-state index in [9.17, 15) is 4.79 Å². The monoisotopic (exact) mass is 207 g/mol. The van der Waals surface area contributed by atoms with E-state index in [1.165, 1.54) is 6.42 Å². The first kappa shape index (κ1) is 10.2. The number of aryl methyl sites for hydroxylation is 2. The van der Waals surface area contributed by atoms with Crippen molar-refractivity contribution in [3.8, 4) is 0 Å². The van der Waals surface area contributed by atoms with Crippen LogP contribution in [0.25, 0.3) is 0 Å². The Kier molecular flexibility index (Phi) is 2.75. The molecular weight excluding hydrogens is 190 g/mol. The van der Waals surface area contributed by atoms with Crippen LogP contribution in [-0.4, -0.2) is 33.7 Å². The molecule has 0 aliphatic carbocycles. The Morgan fingerprint density at radius 3 is 2.53 bits per heavy atom. The van der Waals surface area contributed by atoms with Gasteiger partial charge < -0.3 is 4.90 Å². The Bertz CT molecular complexity index is 364. The zero-order valence-electron chi connectivity index (χ0n) is 9.36. The molecule has 0 aromatic carbocycles. The van der Waals surface area contributed by atoms with Gasteiger partial charge in [-0.1, -0.05) is 0 Å². The molecule has 4 heteroatoms. The van der Waals surface area contributed by atoms with Gasteiger partial charge >= 0.3 is 0 Å². The fraction of sp³-hybridized carbons (Fsp3) is 0.636. The average Bonchev–Trinajstić information content (AvgIpc) is 2.58. The van der Waals surface area contributed by atoms with Crippen molar-refractivity contribution in [3.05, 3.63) is 17.5 Å². The number of piperidine rings is 1. The fourth-order valence-electron chi connectivity index (χ4n) is 2.08. The maximum atomic E-state index is 12.1. The van der Waals surface area contributed by atoms with E-state index in [4.69, 9.17) is 0 Å². The van der Waals surface area contributed by atoms with Gasteiger partial charge in [-0.3, -0.25) is 9.48 Å². The Morgan fingerprint density at radius 1 is 1.33 bits per heavy atom. The molecular formula is C11H17N3O. The fourth-order valence-corrected chi connectivity index (χ4v) is 2.08. The van der Waals surface area contributed by atoms with E-state index in [1.807, 2.05) is 25.1 Å². The highest BCUT2D eigenvalue weighted by Crippen LogP contribution is 2.14.